The SMILES string of the molecule is CC(C)(C)OC(=O)NC(CO)Cc1ccc(Br)s1. The third-order valence-corrected chi connectivity index (χ3v) is 3.66. The van der Waals surface area contributed by atoms with Crippen molar-refractivity contribution < 1.29 is 14.6 Å². The highest BCUT2D eigenvalue weighted by Gasteiger charge is 2.19. The first kappa shape index (κ1) is 15.5. The number of carbonyl (C=O) groups is 1. The van der Waals surface area contributed by atoms with Crippen molar-refractivity contribution in [3.63, 3.8) is 0 Å². The smallest absolute Gasteiger partial charge is 0.407 e. The second-order valence-electron chi connectivity index (χ2n) is 4.94. The van der Waals surface area contributed by atoms with Gasteiger partial charge in [-0.15, -0.1) is 11.3 Å². The molecule has 2 N–H and O–H groups in total. The lowest BCUT2D eigenvalue weighted by atomic mass is 10.2. The molecule has 0 bridgehead atoms. The fourth-order valence-electron chi connectivity index (χ4n) is 1.34. The zero-order valence-corrected chi connectivity index (χ0v) is 13.1. The van der Waals surface area contributed by atoms with E-state index in [2.05, 4.69) is 21.2 Å². The van der Waals surface area contributed by atoms with Crippen LogP contribution in [0.5, 0.6) is 0 Å². The number of rotatable bonds is 4. The predicted octanol–water partition coefficient (Wildman–Crippen LogP) is 2.94. The van der Waals surface area contributed by atoms with Gasteiger partial charge >= 0.3 is 6.09 Å². The van der Waals surface area contributed by atoms with Gasteiger partial charge in [0.2, 0.25) is 0 Å². The van der Waals surface area contributed by atoms with Crippen LogP contribution >= 0.6 is 27.3 Å². The number of amides is 1. The largest absolute Gasteiger partial charge is 0.444 e. The zero-order valence-electron chi connectivity index (χ0n) is 10.7. The molecule has 0 spiro atoms. The molecule has 102 valence electrons. The van der Waals surface area contributed by atoms with Crippen LogP contribution in [0.3, 0.4) is 0 Å². The molecule has 4 nitrogen and oxygen atoms in total. The third-order valence-electron chi connectivity index (χ3n) is 2.02. The van der Waals surface area contributed by atoms with E-state index in [1.807, 2.05) is 12.1 Å². The molecular formula is C12H18BrNO3S. The maximum atomic E-state index is 11.6. The molecule has 0 fully saturated rings. The Morgan fingerprint density at radius 1 is 1.56 bits per heavy atom. The van der Waals surface area contributed by atoms with Gasteiger partial charge in [0.05, 0.1) is 16.4 Å². The minimum absolute atomic E-state index is 0.116. The Kier molecular flexibility index (Phi) is 5.62. The Balaban J connectivity index is 2.49. The number of halogens is 1. The van der Waals surface area contributed by atoms with Crippen LogP contribution in [0.4, 0.5) is 4.79 Å². The van der Waals surface area contributed by atoms with E-state index in [1.54, 1.807) is 32.1 Å². The molecule has 0 saturated heterocycles. The third kappa shape index (κ3) is 5.84. The second kappa shape index (κ2) is 6.54. The van der Waals surface area contributed by atoms with Crippen LogP contribution in [-0.2, 0) is 11.2 Å². The van der Waals surface area contributed by atoms with Crippen molar-refractivity contribution in [1.29, 1.82) is 0 Å². The van der Waals surface area contributed by atoms with Gasteiger partial charge in [-0.1, -0.05) is 0 Å². The highest BCUT2D eigenvalue weighted by Crippen LogP contribution is 2.23. The summed E-state index contributed by atoms with van der Waals surface area (Å²) in [5.74, 6) is 0. The molecule has 1 heterocycles. The Morgan fingerprint density at radius 3 is 2.67 bits per heavy atom. The van der Waals surface area contributed by atoms with Crippen LogP contribution < -0.4 is 5.32 Å². The monoisotopic (exact) mass is 335 g/mol. The van der Waals surface area contributed by atoms with E-state index in [-0.39, 0.29) is 12.6 Å². The van der Waals surface area contributed by atoms with Crippen LogP contribution in [0.1, 0.15) is 25.6 Å². The summed E-state index contributed by atoms with van der Waals surface area (Å²) < 4.78 is 6.18. The van der Waals surface area contributed by atoms with Gasteiger partial charge in [-0.3, -0.25) is 0 Å². The Labute approximate surface area is 119 Å². The van der Waals surface area contributed by atoms with Gasteiger partial charge < -0.3 is 15.2 Å². The first-order chi connectivity index (χ1) is 8.30. The summed E-state index contributed by atoms with van der Waals surface area (Å²) in [6.45, 7) is 5.29. The molecule has 1 amide bonds. The molecule has 0 saturated carbocycles. The molecule has 18 heavy (non-hydrogen) atoms. The summed E-state index contributed by atoms with van der Waals surface area (Å²) in [7, 11) is 0. The maximum Gasteiger partial charge on any atom is 0.407 e. The minimum Gasteiger partial charge on any atom is -0.444 e. The predicted molar refractivity (Wildman–Crippen MR) is 76.0 cm³/mol. The lowest BCUT2D eigenvalue weighted by Gasteiger charge is -2.22. The fraction of sp³-hybridized carbons (Fsp3) is 0.583. The van der Waals surface area contributed by atoms with Crippen molar-refractivity contribution in [2.75, 3.05) is 6.61 Å². The lowest BCUT2D eigenvalue weighted by Crippen LogP contribution is -2.42. The molecule has 1 rings (SSSR count). The van der Waals surface area contributed by atoms with E-state index >= 15 is 0 Å². The summed E-state index contributed by atoms with van der Waals surface area (Å²) in [6, 6.07) is 3.58. The number of hydrogen-bond acceptors (Lipinski definition) is 4. The molecule has 1 aromatic rings. The number of aliphatic hydroxyl groups excluding tert-OH is 1. The average Bonchev–Trinajstić information content (AvgIpc) is 2.60. The Morgan fingerprint density at radius 2 is 2.22 bits per heavy atom. The lowest BCUT2D eigenvalue weighted by molar-refractivity contribution is 0.0483. The van der Waals surface area contributed by atoms with Crippen LogP contribution in [-0.4, -0.2) is 29.4 Å². The van der Waals surface area contributed by atoms with E-state index in [4.69, 9.17) is 4.74 Å². The van der Waals surface area contributed by atoms with Crippen molar-refractivity contribution in [2.45, 2.75) is 38.8 Å². The molecule has 0 radical (unpaired) electrons. The number of nitrogens with one attached hydrogen (secondary N) is 1. The van der Waals surface area contributed by atoms with Gasteiger partial charge in [0.25, 0.3) is 0 Å². The van der Waals surface area contributed by atoms with Crippen molar-refractivity contribution in [2.24, 2.45) is 0 Å². The zero-order chi connectivity index (χ0) is 13.8. The number of ether oxygens (including phenoxy) is 1. The van der Waals surface area contributed by atoms with Gasteiger partial charge in [-0.2, -0.15) is 0 Å². The van der Waals surface area contributed by atoms with Crippen molar-refractivity contribution >= 4 is 33.4 Å². The summed E-state index contributed by atoms with van der Waals surface area (Å²) >= 11 is 4.96. The Hall–Kier alpha value is -0.590. The number of hydrogen-bond donors (Lipinski definition) is 2. The van der Waals surface area contributed by atoms with Gasteiger partial charge in [-0.25, -0.2) is 4.79 Å². The van der Waals surface area contributed by atoms with E-state index in [1.165, 1.54) is 0 Å². The summed E-state index contributed by atoms with van der Waals surface area (Å²) in [5, 5.41) is 11.9. The molecule has 0 aliphatic carbocycles. The van der Waals surface area contributed by atoms with Crippen molar-refractivity contribution in [3.05, 3.63) is 20.8 Å². The Bertz CT molecular complexity index is 400. The molecule has 0 aromatic carbocycles. The topological polar surface area (TPSA) is 58.6 Å². The summed E-state index contributed by atoms with van der Waals surface area (Å²) in [6.07, 6.45) is 0.0867. The van der Waals surface area contributed by atoms with Gasteiger partial charge in [0.1, 0.15) is 5.60 Å². The number of alkyl carbamates (subject to hydrolysis) is 1. The fourth-order valence-corrected chi connectivity index (χ4v) is 2.90. The summed E-state index contributed by atoms with van der Waals surface area (Å²) in [5.41, 5.74) is -0.532. The molecule has 1 atom stereocenters. The van der Waals surface area contributed by atoms with Crippen molar-refractivity contribution in [1.82, 2.24) is 5.32 Å². The van der Waals surface area contributed by atoms with Gasteiger partial charge in [0.15, 0.2) is 0 Å². The van der Waals surface area contributed by atoms with Crippen LogP contribution in [0, 0.1) is 0 Å². The first-order valence-electron chi connectivity index (χ1n) is 5.65. The maximum absolute atomic E-state index is 11.6. The highest BCUT2D eigenvalue weighted by molar-refractivity contribution is 9.11. The molecule has 0 aliphatic heterocycles. The highest BCUT2D eigenvalue weighted by atomic mass is 79.9. The molecule has 6 heteroatoms. The number of thiophene rings is 1. The molecular weight excluding hydrogens is 318 g/mol. The molecule has 1 aromatic heterocycles. The quantitative estimate of drug-likeness (QED) is 0.889. The molecule has 1 unspecified atom stereocenters. The van der Waals surface area contributed by atoms with Crippen LogP contribution in [0.25, 0.3) is 0 Å². The van der Waals surface area contributed by atoms with E-state index in [0.717, 1.165) is 8.66 Å². The standard InChI is InChI=1S/C12H18BrNO3S/c1-12(2,3)17-11(16)14-8(7-15)6-9-4-5-10(13)18-9/h4-5,8,15H,6-7H2,1-3H3,(H,14,16). The van der Waals surface area contributed by atoms with E-state index < -0.39 is 11.7 Å². The molecule has 0 aliphatic rings. The van der Waals surface area contributed by atoms with Crippen LogP contribution in [0.15, 0.2) is 15.9 Å². The summed E-state index contributed by atoms with van der Waals surface area (Å²) in [4.78, 5) is 12.7. The van der Waals surface area contributed by atoms with Gasteiger partial charge in [0, 0.05) is 11.3 Å². The minimum atomic E-state index is -0.532. The van der Waals surface area contributed by atoms with E-state index in [0.29, 0.717) is 6.42 Å². The van der Waals surface area contributed by atoms with Crippen molar-refractivity contribution in [3.8, 4) is 0 Å². The van der Waals surface area contributed by atoms with Crippen LogP contribution in [0.2, 0.25) is 0 Å². The first-order valence-corrected chi connectivity index (χ1v) is 7.25. The number of carbonyl (C=O) groups excluding carboxylic acids is 1. The second-order valence-corrected chi connectivity index (χ2v) is 7.48. The average molecular weight is 336 g/mol. The number of aliphatic hydroxyl groups is 1. The normalized spacial score (nSPS) is 13.2. The van der Waals surface area contributed by atoms with E-state index in [9.17, 15) is 9.90 Å². The van der Waals surface area contributed by atoms with Gasteiger partial charge in [-0.05, 0) is 48.8 Å².